The highest BCUT2D eigenvalue weighted by atomic mass is 19.4. The van der Waals surface area contributed by atoms with E-state index in [0.717, 1.165) is 36.4 Å². The minimum atomic E-state index is -4.68. The highest BCUT2D eigenvalue weighted by Crippen LogP contribution is 2.39. The van der Waals surface area contributed by atoms with Crippen LogP contribution in [-0.4, -0.2) is 94.5 Å². The van der Waals surface area contributed by atoms with Gasteiger partial charge in [-0.05, 0) is 88.0 Å². The van der Waals surface area contributed by atoms with E-state index in [2.05, 4.69) is 30.9 Å². The molecule has 9 aromatic rings. The number of benzene rings is 6. The highest BCUT2D eigenvalue weighted by molar-refractivity contribution is 5.95. The van der Waals surface area contributed by atoms with Gasteiger partial charge in [0.2, 0.25) is 23.3 Å². The topological polar surface area (TPSA) is 290 Å². The van der Waals surface area contributed by atoms with Gasteiger partial charge in [-0.15, -0.1) is 0 Å². The summed E-state index contributed by atoms with van der Waals surface area (Å²) < 4.78 is 122. The molecule has 9 N–H and O–H groups in total. The molecule has 0 radical (unpaired) electrons. The minimum Gasteiger partial charge on any atom is -0.480 e. The van der Waals surface area contributed by atoms with Crippen molar-refractivity contribution in [1.29, 1.82) is 0 Å². The molecular formula is C64H54F9N7O11. The molecule has 0 aliphatic carbocycles. The number of hydrogen-bond donors (Lipinski definition) is 9. The van der Waals surface area contributed by atoms with Crippen LogP contribution in [0, 0.1) is 10.1 Å². The Labute approximate surface area is 509 Å². The Morgan fingerprint density at radius 2 is 0.648 bits per heavy atom. The van der Waals surface area contributed by atoms with E-state index in [-0.39, 0.29) is 50.5 Å². The number of para-hydroxylation sites is 3. The maximum absolute atomic E-state index is 14.0. The van der Waals surface area contributed by atoms with Crippen LogP contribution >= 0.6 is 0 Å². The van der Waals surface area contributed by atoms with Crippen molar-refractivity contribution in [2.24, 2.45) is 0 Å². The van der Waals surface area contributed by atoms with E-state index < -0.39 is 157 Å². The summed E-state index contributed by atoms with van der Waals surface area (Å²) in [5, 5.41) is 53.4. The molecule has 0 aliphatic rings. The Balaban J connectivity index is 0.970. The fraction of sp³-hybridized carbons (Fsp3) is 0.250. The summed E-state index contributed by atoms with van der Waals surface area (Å²) in [7, 11) is 0. The Morgan fingerprint density at radius 3 is 0.868 bits per heavy atom. The normalized spacial score (nSPS) is 13.7. The molecule has 3 amide bonds. The quantitative estimate of drug-likeness (QED) is 0.0147. The molecule has 3 atom stereocenters. The lowest BCUT2D eigenvalue weighted by atomic mass is 9.83. The van der Waals surface area contributed by atoms with Crippen molar-refractivity contribution in [3.8, 4) is 33.8 Å². The number of alkyl halides is 9. The van der Waals surface area contributed by atoms with E-state index >= 15 is 0 Å². The minimum absolute atomic E-state index is 0.219. The molecule has 6 aromatic carbocycles. The fourth-order valence-electron chi connectivity index (χ4n) is 11.2. The number of H-pyrrole nitrogens is 3. The number of aliphatic carboxylic acids is 3. The molecular weight excluding hydrogens is 1210 g/mol. The van der Waals surface area contributed by atoms with E-state index in [0.29, 0.717) is 32.7 Å². The lowest BCUT2D eigenvalue weighted by Crippen LogP contribution is -2.47. The predicted molar refractivity (Wildman–Crippen MR) is 313 cm³/mol. The number of rotatable bonds is 25. The van der Waals surface area contributed by atoms with Crippen LogP contribution < -0.4 is 16.0 Å². The molecule has 3 unspecified atom stereocenters. The summed E-state index contributed by atoms with van der Waals surface area (Å²) in [6, 6.07) is 26.1. The molecule has 9 rings (SSSR count). The van der Waals surface area contributed by atoms with Crippen molar-refractivity contribution in [3.05, 3.63) is 189 Å². The zero-order valence-corrected chi connectivity index (χ0v) is 47.4. The van der Waals surface area contributed by atoms with Crippen molar-refractivity contribution >= 4 is 68.3 Å². The second-order valence-corrected chi connectivity index (χ2v) is 21.8. The van der Waals surface area contributed by atoms with E-state index in [1.807, 2.05) is 0 Å². The van der Waals surface area contributed by atoms with E-state index in [1.165, 1.54) is 36.4 Å². The summed E-state index contributed by atoms with van der Waals surface area (Å²) in [6.07, 6.45) is -20.5. The number of aromatic amines is 3. The standard InChI is InChI=1S/C64H54F9N7O11/c65-62(66,67)37-19-13-34(14-20-37)55-43(40-7-1-4-10-46(40)77-55)31-49(58(84)85)74-52(81)25-28-61(80(90)91,29-26-53(82)75-50(59(86)87)32-44-41-8-2-5-11-47(41)78-56(44)35-15-21-38(22-16-35)63(68,69)70)30-27-54(83)76-51(60(88)89)33-45-42-9-3-6-12-48(42)79-57(45)36-17-23-39(24-18-36)64(71,72)73/h1-24,49-51,77-79H,25-33H2,(H,74,81)(H,75,82)(H,76,83)(H,84,85)(H,86,87)(H,88,89). The molecule has 91 heavy (non-hydrogen) atoms. The molecule has 0 aliphatic heterocycles. The van der Waals surface area contributed by atoms with Crippen LogP contribution in [0.25, 0.3) is 66.5 Å². The van der Waals surface area contributed by atoms with Crippen molar-refractivity contribution < 1.29 is 88.5 Å². The summed E-state index contributed by atoms with van der Waals surface area (Å²) >= 11 is 0. The van der Waals surface area contributed by atoms with Crippen LogP contribution in [0.2, 0.25) is 0 Å². The maximum Gasteiger partial charge on any atom is 0.416 e. The second kappa shape index (κ2) is 26.3. The Kier molecular flexibility index (Phi) is 18.8. The van der Waals surface area contributed by atoms with Gasteiger partial charge in [0.15, 0.2) is 0 Å². The number of carboxylic acid groups (broad SMARTS) is 3. The van der Waals surface area contributed by atoms with Crippen LogP contribution in [0.3, 0.4) is 0 Å². The number of halogens is 9. The van der Waals surface area contributed by atoms with Crippen molar-refractivity contribution in [2.75, 3.05) is 0 Å². The summed E-state index contributed by atoms with van der Waals surface area (Å²) in [4.78, 5) is 103. The highest BCUT2D eigenvalue weighted by Gasteiger charge is 2.44. The number of nitrogens with one attached hydrogen (secondary N) is 6. The van der Waals surface area contributed by atoms with Crippen LogP contribution in [0.4, 0.5) is 39.5 Å². The van der Waals surface area contributed by atoms with Gasteiger partial charge in [-0.1, -0.05) is 91.0 Å². The number of carbonyl (C=O) groups is 6. The number of carbonyl (C=O) groups excluding carboxylic acids is 3. The molecule has 0 saturated carbocycles. The fourth-order valence-corrected chi connectivity index (χ4v) is 11.2. The number of fused-ring (bicyclic) bond motifs is 3. The van der Waals surface area contributed by atoms with Gasteiger partial charge in [-0.2, -0.15) is 39.5 Å². The molecule has 0 fully saturated rings. The Hall–Kier alpha value is -10.5. The summed E-state index contributed by atoms with van der Waals surface area (Å²) in [5.74, 6) is -8.05. The maximum atomic E-state index is 14.0. The van der Waals surface area contributed by atoms with Crippen molar-refractivity contribution in [1.82, 2.24) is 30.9 Å². The third-order valence-corrected chi connectivity index (χ3v) is 15.9. The number of hydrogen-bond acceptors (Lipinski definition) is 8. The predicted octanol–water partition coefficient (Wildman–Crippen LogP) is 12.3. The van der Waals surface area contributed by atoms with Crippen LogP contribution in [-0.2, 0) is 66.6 Å². The average molecular weight is 1270 g/mol. The lowest BCUT2D eigenvalue weighted by Gasteiger charge is -2.26. The molecule has 3 aromatic heterocycles. The molecule has 0 bridgehead atoms. The number of aromatic nitrogens is 3. The first-order valence-electron chi connectivity index (χ1n) is 28.0. The van der Waals surface area contributed by atoms with Crippen LogP contribution in [0.15, 0.2) is 146 Å². The van der Waals surface area contributed by atoms with Crippen molar-refractivity contribution in [3.63, 3.8) is 0 Å². The molecule has 18 nitrogen and oxygen atoms in total. The Morgan fingerprint density at radius 1 is 0.407 bits per heavy atom. The number of nitro groups is 1. The Bertz CT molecular complexity index is 3800. The smallest absolute Gasteiger partial charge is 0.416 e. The van der Waals surface area contributed by atoms with Gasteiger partial charge in [-0.3, -0.25) is 24.5 Å². The zero-order valence-electron chi connectivity index (χ0n) is 47.4. The van der Waals surface area contributed by atoms with Crippen LogP contribution in [0.5, 0.6) is 0 Å². The second-order valence-electron chi connectivity index (χ2n) is 21.8. The lowest BCUT2D eigenvalue weighted by molar-refractivity contribution is -0.573. The molecule has 27 heteroatoms. The third-order valence-electron chi connectivity index (χ3n) is 15.9. The van der Waals surface area contributed by atoms with Crippen LogP contribution in [0.1, 0.15) is 71.9 Å². The number of carboxylic acids is 3. The van der Waals surface area contributed by atoms with Gasteiger partial charge >= 0.3 is 36.4 Å². The SMILES string of the molecule is O=C(CCC(CCC(=O)NC(Cc1c(-c2ccc(C(F)(F)F)cc2)[nH]c2ccccc12)C(=O)O)(CCC(=O)NC(Cc1c(-c2ccc(C(F)(F)F)cc2)[nH]c2ccccc12)C(=O)O)[N+](=O)[O-])NC(Cc1c(-c2ccc(C(F)(F)F)cc2)[nH]c2ccccc12)C(=O)O. The third kappa shape index (κ3) is 15.0. The first kappa shape index (κ1) is 65.0. The van der Waals surface area contributed by atoms with Gasteiger partial charge in [0, 0.05) is 113 Å². The van der Waals surface area contributed by atoms with Crippen molar-refractivity contribution in [2.45, 2.75) is 100.0 Å². The first-order valence-corrected chi connectivity index (χ1v) is 28.0. The molecule has 0 saturated heterocycles. The first-order chi connectivity index (χ1) is 43.0. The summed E-state index contributed by atoms with van der Waals surface area (Å²) in [6.45, 7) is 0. The molecule has 0 spiro atoms. The largest absolute Gasteiger partial charge is 0.480 e. The zero-order chi connectivity index (χ0) is 65.7. The summed E-state index contributed by atoms with van der Waals surface area (Å²) in [5.41, 5.74) is -1.86. The number of amides is 3. The van der Waals surface area contributed by atoms with Gasteiger partial charge in [0.05, 0.1) is 16.7 Å². The monoisotopic (exact) mass is 1270 g/mol. The molecule has 474 valence electrons. The number of nitrogens with zero attached hydrogens (tertiary/aromatic N) is 1. The van der Waals surface area contributed by atoms with Gasteiger partial charge in [0.25, 0.3) is 0 Å². The van der Waals surface area contributed by atoms with Gasteiger partial charge in [0.1, 0.15) is 18.1 Å². The van der Waals surface area contributed by atoms with E-state index in [9.17, 15) is 93.7 Å². The van der Waals surface area contributed by atoms with E-state index in [1.54, 1.807) is 72.8 Å². The van der Waals surface area contributed by atoms with Gasteiger partial charge in [-0.25, -0.2) is 14.4 Å². The average Bonchev–Trinajstić information content (AvgIpc) is 1.67. The van der Waals surface area contributed by atoms with E-state index in [4.69, 9.17) is 0 Å². The molecule has 3 heterocycles. The van der Waals surface area contributed by atoms with Gasteiger partial charge < -0.3 is 46.2 Å².